The number of ether oxygens (including phenoxy) is 1. The number of carbonyl (C=O) groups is 2. The molecule has 0 N–H and O–H groups in total. The molecule has 2 aromatic rings. The van der Waals surface area contributed by atoms with E-state index in [1.165, 1.54) is 6.26 Å². The Balaban J connectivity index is 1.65. The van der Waals surface area contributed by atoms with Crippen molar-refractivity contribution in [3.05, 3.63) is 59.5 Å². The molecule has 0 bridgehead atoms. The number of likely N-dealkylation sites (tertiary alicyclic amines) is 1. The van der Waals surface area contributed by atoms with Crippen LogP contribution in [0.3, 0.4) is 0 Å². The highest BCUT2D eigenvalue weighted by Gasteiger charge is 2.36. The van der Waals surface area contributed by atoms with Crippen molar-refractivity contribution in [2.75, 3.05) is 6.54 Å². The molecule has 1 fully saturated rings. The molecule has 1 amide bonds. The van der Waals surface area contributed by atoms with E-state index in [0.29, 0.717) is 24.3 Å². The fourth-order valence-electron chi connectivity index (χ4n) is 2.84. The molecule has 0 aliphatic carbocycles. The highest BCUT2D eigenvalue weighted by molar-refractivity contribution is 5.97. The quantitative estimate of drug-likeness (QED) is 0.814. The van der Waals surface area contributed by atoms with Gasteiger partial charge in [0, 0.05) is 6.54 Å². The Hall–Kier alpha value is -2.56. The van der Waals surface area contributed by atoms with Gasteiger partial charge < -0.3 is 14.1 Å². The van der Waals surface area contributed by atoms with E-state index in [0.717, 1.165) is 12.0 Å². The first-order valence-electron chi connectivity index (χ1n) is 7.72. The highest BCUT2D eigenvalue weighted by Crippen LogP contribution is 2.23. The molecule has 1 atom stereocenters. The number of nitrogens with zero attached hydrogens (tertiary/aromatic N) is 1. The molecule has 120 valence electrons. The van der Waals surface area contributed by atoms with Gasteiger partial charge in [0.05, 0.1) is 11.8 Å². The SMILES string of the molecule is Cc1occc1C(=O)N1CCC[C@H]1C(=O)OCc1ccccc1. The second-order valence-corrected chi connectivity index (χ2v) is 5.64. The fraction of sp³-hybridized carbons (Fsp3) is 0.333. The van der Waals surface area contributed by atoms with E-state index in [1.807, 2.05) is 30.3 Å². The molecule has 5 heteroatoms. The molecule has 1 saturated heterocycles. The van der Waals surface area contributed by atoms with E-state index in [-0.39, 0.29) is 18.5 Å². The van der Waals surface area contributed by atoms with E-state index < -0.39 is 6.04 Å². The highest BCUT2D eigenvalue weighted by atomic mass is 16.5. The van der Waals surface area contributed by atoms with Crippen LogP contribution < -0.4 is 0 Å². The Morgan fingerprint density at radius 1 is 1.26 bits per heavy atom. The van der Waals surface area contributed by atoms with Crippen molar-refractivity contribution in [3.63, 3.8) is 0 Å². The minimum atomic E-state index is -0.513. The van der Waals surface area contributed by atoms with Crippen molar-refractivity contribution in [1.29, 1.82) is 0 Å². The Bertz CT molecular complexity index is 692. The van der Waals surface area contributed by atoms with Crippen molar-refractivity contribution in [2.45, 2.75) is 32.4 Å². The lowest BCUT2D eigenvalue weighted by atomic mass is 10.2. The van der Waals surface area contributed by atoms with Crippen LogP contribution in [0.15, 0.2) is 47.1 Å². The number of hydrogen-bond donors (Lipinski definition) is 0. The largest absolute Gasteiger partial charge is 0.469 e. The number of aryl methyl sites for hydroxylation is 1. The maximum Gasteiger partial charge on any atom is 0.329 e. The van der Waals surface area contributed by atoms with Gasteiger partial charge >= 0.3 is 5.97 Å². The zero-order chi connectivity index (χ0) is 16.2. The van der Waals surface area contributed by atoms with E-state index in [4.69, 9.17) is 9.15 Å². The zero-order valence-electron chi connectivity index (χ0n) is 13.0. The van der Waals surface area contributed by atoms with Crippen LogP contribution in [0.25, 0.3) is 0 Å². The maximum atomic E-state index is 12.6. The number of rotatable bonds is 4. The summed E-state index contributed by atoms with van der Waals surface area (Å²) >= 11 is 0. The van der Waals surface area contributed by atoms with Crippen LogP contribution in [0.1, 0.15) is 34.5 Å². The summed E-state index contributed by atoms with van der Waals surface area (Å²) in [6.45, 7) is 2.53. The number of benzene rings is 1. The molecule has 23 heavy (non-hydrogen) atoms. The van der Waals surface area contributed by atoms with Gasteiger partial charge in [0.15, 0.2) is 0 Å². The summed E-state index contributed by atoms with van der Waals surface area (Å²) < 4.78 is 10.6. The summed E-state index contributed by atoms with van der Waals surface area (Å²) in [7, 11) is 0. The Morgan fingerprint density at radius 3 is 2.74 bits per heavy atom. The lowest BCUT2D eigenvalue weighted by molar-refractivity contribution is -0.149. The van der Waals surface area contributed by atoms with Gasteiger partial charge in [0.1, 0.15) is 18.4 Å². The molecule has 1 aliphatic heterocycles. The molecular weight excluding hydrogens is 294 g/mol. The molecule has 0 radical (unpaired) electrons. The number of hydrogen-bond acceptors (Lipinski definition) is 4. The Kier molecular flexibility index (Phi) is 4.46. The molecular formula is C18H19NO4. The smallest absolute Gasteiger partial charge is 0.329 e. The topological polar surface area (TPSA) is 59.8 Å². The lowest BCUT2D eigenvalue weighted by Crippen LogP contribution is -2.41. The van der Waals surface area contributed by atoms with E-state index in [9.17, 15) is 9.59 Å². The second-order valence-electron chi connectivity index (χ2n) is 5.64. The Morgan fingerprint density at radius 2 is 2.04 bits per heavy atom. The average Bonchev–Trinajstić information content (AvgIpc) is 3.22. The molecule has 1 aliphatic rings. The first kappa shape index (κ1) is 15.3. The predicted molar refractivity (Wildman–Crippen MR) is 83.7 cm³/mol. The minimum absolute atomic E-state index is 0.171. The van der Waals surface area contributed by atoms with Crippen molar-refractivity contribution in [2.24, 2.45) is 0 Å². The van der Waals surface area contributed by atoms with Gasteiger partial charge in [0.2, 0.25) is 0 Å². The maximum absolute atomic E-state index is 12.6. The normalized spacial score (nSPS) is 17.3. The van der Waals surface area contributed by atoms with Crippen LogP contribution in [0.2, 0.25) is 0 Å². The molecule has 1 aromatic heterocycles. The average molecular weight is 313 g/mol. The third-order valence-corrected chi connectivity index (χ3v) is 4.10. The third-order valence-electron chi connectivity index (χ3n) is 4.10. The summed E-state index contributed by atoms with van der Waals surface area (Å²) in [5.41, 5.74) is 1.44. The van der Waals surface area contributed by atoms with Crippen molar-refractivity contribution < 1.29 is 18.7 Å². The van der Waals surface area contributed by atoms with Gasteiger partial charge in [-0.25, -0.2) is 4.79 Å². The summed E-state index contributed by atoms with van der Waals surface area (Å²) in [4.78, 5) is 26.5. The van der Waals surface area contributed by atoms with Crippen LogP contribution >= 0.6 is 0 Å². The molecule has 5 nitrogen and oxygen atoms in total. The molecule has 0 spiro atoms. The second kappa shape index (κ2) is 6.69. The molecule has 0 unspecified atom stereocenters. The van der Waals surface area contributed by atoms with Gasteiger partial charge in [-0.3, -0.25) is 4.79 Å². The van der Waals surface area contributed by atoms with Crippen LogP contribution in [-0.2, 0) is 16.1 Å². The number of esters is 1. The molecule has 2 heterocycles. The van der Waals surface area contributed by atoms with Crippen molar-refractivity contribution in [3.8, 4) is 0 Å². The monoisotopic (exact) mass is 313 g/mol. The number of amides is 1. The van der Waals surface area contributed by atoms with Gasteiger partial charge in [-0.15, -0.1) is 0 Å². The molecule has 1 aromatic carbocycles. The van der Waals surface area contributed by atoms with Gasteiger partial charge in [-0.05, 0) is 31.4 Å². The van der Waals surface area contributed by atoms with Crippen LogP contribution in [0.5, 0.6) is 0 Å². The van der Waals surface area contributed by atoms with Crippen LogP contribution in [-0.4, -0.2) is 29.4 Å². The third kappa shape index (κ3) is 3.28. The summed E-state index contributed by atoms with van der Waals surface area (Å²) in [5, 5.41) is 0. The number of furan rings is 1. The van der Waals surface area contributed by atoms with E-state index in [2.05, 4.69) is 0 Å². The van der Waals surface area contributed by atoms with Crippen LogP contribution in [0.4, 0.5) is 0 Å². The standard InChI is InChI=1S/C18H19NO4/c1-13-15(9-11-22-13)17(20)19-10-5-8-16(19)18(21)23-12-14-6-3-2-4-7-14/h2-4,6-7,9,11,16H,5,8,10,12H2,1H3/t16-/m0/s1. The first-order chi connectivity index (χ1) is 11.2. The summed E-state index contributed by atoms with van der Waals surface area (Å²) in [5.74, 6) is 0.0505. The minimum Gasteiger partial charge on any atom is -0.469 e. The van der Waals surface area contributed by atoms with E-state index >= 15 is 0 Å². The lowest BCUT2D eigenvalue weighted by Gasteiger charge is -2.23. The zero-order valence-corrected chi connectivity index (χ0v) is 13.0. The van der Waals surface area contributed by atoms with Crippen molar-refractivity contribution >= 4 is 11.9 Å². The van der Waals surface area contributed by atoms with Crippen molar-refractivity contribution in [1.82, 2.24) is 4.90 Å². The molecule has 0 saturated carbocycles. The Labute approximate surface area is 134 Å². The molecule has 3 rings (SSSR count). The van der Waals surface area contributed by atoms with Crippen LogP contribution in [0, 0.1) is 6.92 Å². The predicted octanol–water partition coefficient (Wildman–Crippen LogP) is 2.94. The van der Waals surface area contributed by atoms with Gasteiger partial charge in [0.25, 0.3) is 5.91 Å². The van der Waals surface area contributed by atoms with Gasteiger partial charge in [-0.1, -0.05) is 30.3 Å². The summed E-state index contributed by atoms with van der Waals surface area (Å²) in [6, 6.07) is 10.6. The first-order valence-corrected chi connectivity index (χ1v) is 7.72. The van der Waals surface area contributed by atoms with Gasteiger partial charge in [-0.2, -0.15) is 0 Å². The summed E-state index contributed by atoms with van der Waals surface area (Å²) in [6.07, 6.45) is 2.92. The fourth-order valence-corrected chi connectivity index (χ4v) is 2.84. The van der Waals surface area contributed by atoms with E-state index in [1.54, 1.807) is 17.9 Å². The number of carbonyl (C=O) groups excluding carboxylic acids is 2.